The van der Waals surface area contributed by atoms with Crippen molar-refractivity contribution < 1.29 is 69.3 Å². The van der Waals surface area contributed by atoms with Crippen molar-refractivity contribution in [3.05, 3.63) is 0 Å². The SMILES string of the molecule is O=S(=O)([O-])[O-].O=S(=O)([O-])[O-].O=S(=O)([O-])[O-].[Ba+2].[Co+2].[Sr+2]. The fraction of sp³-hybridized carbons (Fsp3) is 0. The van der Waals surface area contributed by atoms with Gasteiger partial charge < -0.3 is 27.3 Å². The molecule has 0 aliphatic heterocycles. The Morgan fingerprint density at radius 3 is 0.500 bits per heavy atom. The van der Waals surface area contributed by atoms with Crippen LogP contribution in [0.3, 0.4) is 0 Å². The van der Waals surface area contributed by atoms with Crippen molar-refractivity contribution in [2.24, 2.45) is 0 Å². The molecule has 0 N–H and O–H groups in total. The van der Waals surface area contributed by atoms with Gasteiger partial charge >= 0.3 is 111 Å². The van der Waals surface area contributed by atoms with Gasteiger partial charge in [0.2, 0.25) is 0 Å². The minimum absolute atomic E-state index is 0. The third kappa shape index (κ3) is 630. The van der Waals surface area contributed by atoms with Crippen molar-refractivity contribution in [1.29, 1.82) is 0 Å². The second kappa shape index (κ2) is 16.5. The summed E-state index contributed by atoms with van der Waals surface area (Å²) < 4.78 is 102. The van der Waals surface area contributed by atoms with Gasteiger partial charge in [0.25, 0.3) is 0 Å². The van der Waals surface area contributed by atoms with E-state index >= 15 is 0 Å². The fourth-order valence-electron chi connectivity index (χ4n) is 0. The largest absolute Gasteiger partial charge is 2.00 e. The van der Waals surface area contributed by atoms with E-state index in [-0.39, 0.29) is 111 Å². The summed E-state index contributed by atoms with van der Waals surface area (Å²) >= 11 is 0. The van der Waals surface area contributed by atoms with Crippen molar-refractivity contribution in [2.75, 3.05) is 0 Å². The number of rotatable bonds is 0. The van der Waals surface area contributed by atoms with Crippen molar-refractivity contribution >= 4 is 126 Å². The molecule has 18 heteroatoms. The van der Waals surface area contributed by atoms with E-state index in [1.54, 1.807) is 0 Å². The third-order valence-corrected chi connectivity index (χ3v) is 0. The van der Waals surface area contributed by atoms with E-state index < -0.39 is 31.2 Å². The van der Waals surface area contributed by atoms with E-state index in [0.717, 1.165) is 0 Å². The summed E-state index contributed by atoms with van der Waals surface area (Å²) in [6.07, 6.45) is 0. The summed E-state index contributed by atoms with van der Waals surface area (Å²) in [5.41, 5.74) is 0. The number of hydrogen-bond donors (Lipinski definition) is 0. The Labute approximate surface area is 191 Å². The molecule has 0 amide bonds. The van der Waals surface area contributed by atoms with E-state index in [1.165, 1.54) is 0 Å². The molecule has 0 fully saturated rings. The Morgan fingerprint density at radius 2 is 0.500 bits per heavy atom. The molecule has 0 heterocycles. The smallest absolute Gasteiger partial charge is 0.759 e. The summed E-state index contributed by atoms with van der Waals surface area (Å²) in [6, 6.07) is 0. The topological polar surface area (TPSA) is 241 Å². The van der Waals surface area contributed by atoms with Gasteiger partial charge in [-0.05, 0) is 0 Å². The van der Waals surface area contributed by atoms with Gasteiger partial charge in [-0.15, -0.1) is 0 Å². The summed E-state index contributed by atoms with van der Waals surface area (Å²) in [6.45, 7) is 0. The average molecular weight is 572 g/mol. The van der Waals surface area contributed by atoms with Gasteiger partial charge in [0.15, 0.2) is 0 Å². The van der Waals surface area contributed by atoms with Crippen LogP contribution in [0.2, 0.25) is 0 Å². The van der Waals surface area contributed by atoms with Crippen LogP contribution in [-0.2, 0) is 48.0 Å². The fourth-order valence-corrected chi connectivity index (χ4v) is 0. The quantitative estimate of drug-likeness (QED) is 0.151. The third-order valence-electron chi connectivity index (χ3n) is 0. The molecule has 1 radical (unpaired) electrons. The molecule has 0 aliphatic rings. The number of hydrogen-bond acceptors (Lipinski definition) is 12. The summed E-state index contributed by atoms with van der Waals surface area (Å²) in [7, 11) is -15.5. The zero-order valence-corrected chi connectivity index (χ0v) is 19.3. The van der Waals surface area contributed by atoms with Crippen molar-refractivity contribution in [3.8, 4) is 0 Å². The first kappa shape index (κ1) is 37.4. The molecule has 0 saturated heterocycles. The van der Waals surface area contributed by atoms with Crippen LogP contribution in [0.1, 0.15) is 0 Å². The Hall–Kier alpha value is 3.17. The van der Waals surface area contributed by atoms with Crippen LogP contribution in [0, 0.1) is 0 Å². The average Bonchev–Trinajstić information content (AvgIpc) is 1.41. The van der Waals surface area contributed by atoms with Gasteiger partial charge in [-0.3, -0.25) is 25.3 Å². The van der Waals surface area contributed by atoms with Crippen molar-refractivity contribution in [1.82, 2.24) is 0 Å². The van der Waals surface area contributed by atoms with Crippen LogP contribution in [0.15, 0.2) is 0 Å². The van der Waals surface area contributed by atoms with Gasteiger partial charge in [-0.25, -0.2) is 0 Å². The second-order valence-corrected chi connectivity index (χ2v) is 3.67. The van der Waals surface area contributed by atoms with Crippen LogP contribution in [0.25, 0.3) is 0 Å². The molecule has 18 heavy (non-hydrogen) atoms. The van der Waals surface area contributed by atoms with Crippen molar-refractivity contribution in [2.45, 2.75) is 0 Å². The molecule has 0 rings (SSSR count). The minimum atomic E-state index is -5.17. The molecule has 103 valence electrons. The molecule has 0 unspecified atom stereocenters. The van der Waals surface area contributed by atoms with Crippen molar-refractivity contribution in [3.63, 3.8) is 0 Å². The molecule has 0 bridgehead atoms. The first-order chi connectivity index (χ1) is 6.00. The standard InChI is InChI=1S/Ba.Co.3H2O4S.Sr/c;;3*1-5(2,3)4;/h;;3*(H2,1,2,3,4);/q2*+2;;;;+2/p-6. The molecule has 0 aromatic carbocycles. The Morgan fingerprint density at radius 1 is 0.500 bits per heavy atom. The van der Waals surface area contributed by atoms with Gasteiger partial charge in [0.1, 0.15) is 0 Å². The first-order valence-electron chi connectivity index (χ1n) is 2.00. The monoisotopic (exact) mass is 573 g/mol. The van der Waals surface area contributed by atoms with E-state index in [2.05, 4.69) is 0 Å². The van der Waals surface area contributed by atoms with Crippen LogP contribution in [0.4, 0.5) is 0 Å². The van der Waals surface area contributed by atoms with Gasteiger partial charge in [0, 0.05) is 31.2 Å². The van der Waals surface area contributed by atoms with Crippen LogP contribution < -0.4 is 0 Å². The normalized spacial score (nSPS) is 9.67. The molecule has 0 aliphatic carbocycles. The zero-order valence-electron chi connectivity index (χ0n) is 7.87. The van der Waals surface area contributed by atoms with E-state index in [1.807, 2.05) is 0 Å². The van der Waals surface area contributed by atoms with Crippen LogP contribution >= 0.6 is 0 Å². The Kier molecular flexibility index (Phi) is 34.4. The maximum atomic E-state index is 8.52. The summed E-state index contributed by atoms with van der Waals surface area (Å²) in [5, 5.41) is 0. The molecule has 0 aromatic heterocycles. The second-order valence-electron chi connectivity index (χ2n) is 1.22. The minimum Gasteiger partial charge on any atom is -0.759 e. The Balaban J connectivity index is -0.0000000277. The predicted molar refractivity (Wildman–Crippen MR) is 42.9 cm³/mol. The predicted octanol–water partition coefficient (Wildman–Crippen LogP) is -4.78. The molecule has 0 atom stereocenters. The first-order valence-corrected chi connectivity index (χ1v) is 6.00. The zero-order chi connectivity index (χ0) is 13.5. The van der Waals surface area contributed by atoms with Crippen LogP contribution in [0.5, 0.6) is 0 Å². The summed E-state index contributed by atoms with van der Waals surface area (Å²) in [4.78, 5) is 0. The Bertz CT molecular complexity index is 348. The molecular weight excluding hydrogens is 572 g/mol. The molecule has 0 spiro atoms. The molecular formula is BaCoO12S3Sr. The van der Waals surface area contributed by atoms with Gasteiger partial charge in [0.05, 0.1) is 0 Å². The maximum absolute atomic E-state index is 8.52. The molecule has 0 aromatic rings. The van der Waals surface area contributed by atoms with E-state index in [4.69, 9.17) is 52.6 Å². The summed E-state index contributed by atoms with van der Waals surface area (Å²) in [5.74, 6) is 0. The maximum Gasteiger partial charge on any atom is 2.00 e. The van der Waals surface area contributed by atoms with Gasteiger partial charge in [-0.1, -0.05) is 0 Å². The molecule has 12 nitrogen and oxygen atoms in total. The van der Waals surface area contributed by atoms with Crippen LogP contribution in [-0.4, -0.2) is 147 Å². The molecule has 0 saturated carbocycles. The van der Waals surface area contributed by atoms with E-state index in [0.29, 0.717) is 0 Å². The van der Waals surface area contributed by atoms with Gasteiger partial charge in [-0.2, -0.15) is 0 Å². The van der Waals surface area contributed by atoms with E-state index in [9.17, 15) is 0 Å².